The number of amides is 1. The summed E-state index contributed by atoms with van der Waals surface area (Å²) in [5.41, 5.74) is 1.95. The number of phenols is 1. The van der Waals surface area contributed by atoms with E-state index >= 15 is 0 Å². The van der Waals surface area contributed by atoms with Crippen LogP contribution in [0.15, 0.2) is 83.0 Å². The van der Waals surface area contributed by atoms with Gasteiger partial charge in [0, 0.05) is 30.2 Å². The second-order valence-corrected chi connectivity index (χ2v) is 8.91. The number of phenolic OH excluding ortho intramolecular Hbond substituents is 1. The number of imidazole rings is 1. The van der Waals surface area contributed by atoms with Crippen LogP contribution in [0.25, 0.3) is 5.65 Å². The smallest absolute Gasteiger partial charge is 0.253 e. The molecule has 0 aliphatic heterocycles. The zero-order valence-electron chi connectivity index (χ0n) is 15.5. The van der Waals surface area contributed by atoms with Crippen LogP contribution in [-0.4, -0.2) is 28.8 Å². The van der Waals surface area contributed by atoms with Crippen LogP contribution >= 0.6 is 11.6 Å². The molecule has 0 saturated carbocycles. The molecule has 30 heavy (non-hydrogen) atoms. The molecule has 0 unspecified atom stereocenters. The second-order valence-electron chi connectivity index (χ2n) is 6.55. The van der Waals surface area contributed by atoms with Crippen LogP contribution in [0.2, 0.25) is 5.02 Å². The first kappa shape index (κ1) is 19.9. The highest BCUT2D eigenvalue weighted by atomic mass is 35.5. The summed E-state index contributed by atoms with van der Waals surface area (Å²) < 4.78 is 27.3. The first-order valence-electron chi connectivity index (χ1n) is 8.88. The standard InChI is InChI=1S/C21H16ClN3O4S/c22-16-4-7-18(26)19(11-16)30(28,29)17-5-1-14(2-6-17)12-24-21(27)15-3-8-20-23-9-10-25(20)13-15/h1-11,13,26H,12H2,(H,24,27). The van der Waals surface area contributed by atoms with Crippen molar-refractivity contribution in [3.8, 4) is 5.75 Å². The molecule has 0 fully saturated rings. The molecule has 2 aromatic heterocycles. The van der Waals surface area contributed by atoms with E-state index in [-0.39, 0.29) is 33.0 Å². The van der Waals surface area contributed by atoms with E-state index in [2.05, 4.69) is 10.3 Å². The van der Waals surface area contributed by atoms with Crippen LogP contribution in [0.1, 0.15) is 15.9 Å². The van der Waals surface area contributed by atoms with Crippen LogP contribution < -0.4 is 5.32 Å². The van der Waals surface area contributed by atoms with Crippen molar-refractivity contribution < 1.29 is 18.3 Å². The second kappa shape index (κ2) is 7.81. The van der Waals surface area contributed by atoms with E-state index in [4.69, 9.17) is 11.6 Å². The van der Waals surface area contributed by atoms with Crippen molar-refractivity contribution in [1.82, 2.24) is 14.7 Å². The third-order valence-corrected chi connectivity index (χ3v) is 6.58. The van der Waals surface area contributed by atoms with Gasteiger partial charge in [-0.3, -0.25) is 4.79 Å². The van der Waals surface area contributed by atoms with Gasteiger partial charge in [-0.25, -0.2) is 13.4 Å². The van der Waals surface area contributed by atoms with Gasteiger partial charge in [0.1, 0.15) is 16.3 Å². The van der Waals surface area contributed by atoms with Crippen molar-refractivity contribution in [3.63, 3.8) is 0 Å². The van der Waals surface area contributed by atoms with Gasteiger partial charge in [0.2, 0.25) is 9.84 Å². The fourth-order valence-corrected chi connectivity index (χ4v) is 4.57. The Balaban J connectivity index is 1.48. The largest absolute Gasteiger partial charge is 0.507 e. The van der Waals surface area contributed by atoms with Crippen molar-refractivity contribution in [1.29, 1.82) is 0 Å². The van der Waals surface area contributed by atoms with E-state index < -0.39 is 9.84 Å². The summed E-state index contributed by atoms with van der Waals surface area (Å²) in [4.78, 5) is 16.3. The van der Waals surface area contributed by atoms with Gasteiger partial charge in [0.25, 0.3) is 5.91 Å². The van der Waals surface area contributed by atoms with Crippen LogP contribution in [0.3, 0.4) is 0 Å². The Morgan fingerprint density at radius 3 is 2.63 bits per heavy atom. The summed E-state index contributed by atoms with van der Waals surface area (Å²) in [6.07, 6.45) is 5.09. The molecule has 152 valence electrons. The first-order chi connectivity index (χ1) is 14.3. The van der Waals surface area contributed by atoms with E-state index in [1.165, 1.54) is 30.3 Å². The Kier molecular flexibility index (Phi) is 5.19. The Morgan fingerprint density at radius 2 is 1.87 bits per heavy atom. The summed E-state index contributed by atoms with van der Waals surface area (Å²) >= 11 is 5.86. The first-order valence-corrected chi connectivity index (χ1v) is 10.7. The number of hydrogen-bond donors (Lipinski definition) is 2. The summed E-state index contributed by atoms with van der Waals surface area (Å²) in [7, 11) is -3.93. The number of benzene rings is 2. The molecular weight excluding hydrogens is 426 g/mol. The van der Waals surface area contributed by atoms with Crippen LogP contribution in [0, 0.1) is 0 Å². The molecule has 2 aromatic carbocycles. The molecule has 7 nitrogen and oxygen atoms in total. The lowest BCUT2D eigenvalue weighted by molar-refractivity contribution is 0.0950. The Labute approximate surface area is 177 Å². The average molecular weight is 442 g/mol. The monoisotopic (exact) mass is 441 g/mol. The molecule has 0 atom stereocenters. The maximum atomic E-state index is 12.8. The fourth-order valence-electron chi connectivity index (χ4n) is 2.96. The van der Waals surface area contributed by atoms with Gasteiger partial charge in [-0.1, -0.05) is 23.7 Å². The lowest BCUT2D eigenvalue weighted by Crippen LogP contribution is -2.23. The highest BCUT2D eigenvalue weighted by Crippen LogP contribution is 2.31. The predicted molar refractivity (Wildman–Crippen MR) is 111 cm³/mol. The van der Waals surface area contributed by atoms with Gasteiger partial charge < -0.3 is 14.8 Å². The minimum atomic E-state index is -3.93. The number of pyridine rings is 1. The van der Waals surface area contributed by atoms with E-state index in [9.17, 15) is 18.3 Å². The number of fused-ring (bicyclic) bond motifs is 1. The predicted octanol–water partition coefficient (Wildman–Crippen LogP) is 3.46. The zero-order chi connectivity index (χ0) is 21.3. The normalized spacial score (nSPS) is 11.5. The molecule has 2 N–H and O–H groups in total. The molecule has 2 heterocycles. The Bertz CT molecular complexity index is 1350. The highest BCUT2D eigenvalue weighted by Gasteiger charge is 2.22. The van der Waals surface area contributed by atoms with E-state index in [1.807, 2.05) is 0 Å². The summed E-state index contributed by atoms with van der Waals surface area (Å²) in [6.45, 7) is 0.226. The third kappa shape index (κ3) is 3.87. The number of carbonyl (C=O) groups excluding carboxylic acids is 1. The molecule has 0 aliphatic carbocycles. The van der Waals surface area contributed by atoms with E-state index in [0.29, 0.717) is 5.56 Å². The molecule has 4 aromatic rings. The van der Waals surface area contributed by atoms with Gasteiger partial charge >= 0.3 is 0 Å². The van der Waals surface area contributed by atoms with E-state index in [1.54, 1.807) is 47.3 Å². The number of hydrogen-bond acceptors (Lipinski definition) is 5. The Hall–Kier alpha value is -3.36. The van der Waals surface area contributed by atoms with Gasteiger partial charge in [0.15, 0.2) is 0 Å². The SMILES string of the molecule is O=C(NCc1ccc(S(=O)(=O)c2cc(Cl)ccc2O)cc1)c1ccc2nccn2c1. The fraction of sp³-hybridized carbons (Fsp3) is 0.0476. The molecule has 0 aliphatic rings. The molecule has 4 rings (SSSR count). The number of rotatable bonds is 5. The lowest BCUT2D eigenvalue weighted by Gasteiger charge is -2.09. The quantitative estimate of drug-likeness (QED) is 0.494. The van der Waals surface area contributed by atoms with Gasteiger partial charge in [-0.05, 0) is 48.0 Å². The Morgan fingerprint density at radius 1 is 1.10 bits per heavy atom. The molecule has 0 radical (unpaired) electrons. The van der Waals surface area contributed by atoms with Gasteiger partial charge in [-0.2, -0.15) is 0 Å². The number of nitrogens with one attached hydrogen (secondary N) is 1. The van der Waals surface area contributed by atoms with Crippen molar-refractivity contribution in [2.24, 2.45) is 0 Å². The maximum absolute atomic E-state index is 12.8. The lowest BCUT2D eigenvalue weighted by atomic mass is 10.2. The number of nitrogens with zero attached hydrogens (tertiary/aromatic N) is 2. The number of aromatic hydroxyl groups is 1. The van der Waals surface area contributed by atoms with Crippen LogP contribution in [-0.2, 0) is 16.4 Å². The summed E-state index contributed by atoms with van der Waals surface area (Å²) in [6, 6.07) is 13.3. The number of carbonyl (C=O) groups is 1. The van der Waals surface area contributed by atoms with Gasteiger partial charge in [-0.15, -0.1) is 0 Å². The van der Waals surface area contributed by atoms with Crippen molar-refractivity contribution in [2.45, 2.75) is 16.3 Å². The minimum absolute atomic E-state index is 0.0145. The van der Waals surface area contributed by atoms with Crippen molar-refractivity contribution in [3.05, 3.63) is 89.3 Å². The topological polar surface area (TPSA) is 101 Å². The summed E-state index contributed by atoms with van der Waals surface area (Å²) in [5, 5.41) is 12.9. The molecular formula is C21H16ClN3O4S. The molecule has 0 bridgehead atoms. The number of sulfone groups is 1. The summed E-state index contributed by atoms with van der Waals surface area (Å²) in [5.74, 6) is -0.628. The number of halogens is 1. The van der Waals surface area contributed by atoms with Crippen molar-refractivity contribution >= 4 is 33.0 Å². The third-order valence-electron chi connectivity index (χ3n) is 4.55. The average Bonchev–Trinajstić information content (AvgIpc) is 3.22. The molecule has 1 amide bonds. The number of aromatic nitrogens is 2. The van der Waals surface area contributed by atoms with Crippen molar-refractivity contribution in [2.75, 3.05) is 0 Å². The maximum Gasteiger partial charge on any atom is 0.253 e. The minimum Gasteiger partial charge on any atom is -0.507 e. The van der Waals surface area contributed by atoms with E-state index in [0.717, 1.165) is 11.2 Å². The molecule has 0 saturated heterocycles. The highest BCUT2D eigenvalue weighted by molar-refractivity contribution is 7.91. The molecule has 0 spiro atoms. The molecule has 9 heteroatoms. The van der Waals surface area contributed by atoms with Crippen LogP contribution in [0.4, 0.5) is 0 Å². The van der Waals surface area contributed by atoms with Crippen LogP contribution in [0.5, 0.6) is 5.75 Å². The zero-order valence-corrected chi connectivity index (χ0v) is 17.1. The van der Waals surface area contributed by atoms with Gasteiger partial charge in [0.05, 0.1) is 10.5 Å².